The summed E-state index contributed by atoms with van der Waals surface area (Å²) in [5, 5.41) is 7.82. The third-order valence-corrected chi connectivity index (χ3v) is 2.83. The maximum atomic E-state index is 5.74. The van der Waals surface area contributed by atoms with Crippen LogP contribution in [0.1, 0.15) is 5.69 Å². The molecule has 2 aromatic rings. The van der Waals surface area contributed by atoms with Crippen LogP contribution in [-0.4, -0.2) is 10.2 Å². The maximum Gasteiger partial charge on any atom is 0.238 e. The highest BCUT2D eigenvalue weighted by Crippen LogP contribution is 2.32. The summed E-state index contributed by atoms with van der Waals surface area (Å²) in [5.41, 5.74) is 7.20. The van der Waals surface area contributed by atoms with E-state index in [0.717, 1.165) is 10.2 Å². The van der Waals surface area contributed by atoms with Crippen LogP contribution >= 0.6 is 15.9 Å². The number of nitrogen functional groups attached to an aromatic ring is 1. The molecule has 0 aliphatic heterocycles. The quantitative estimate of drug-likeness (QED) is 0.859. The molecule has 2 N–H and O–H groups in total. The zero-order valence-corrected chi connectivity index (χ0v) is 10.2. The molecule has 1 aromatic heterocycles. The Hall–Kier alpha value is -1.62. The van der Waals surface area contributed by atoms with Gasteiger partial charge in [0.1, 0.15) is 5.75 Å². The van der Waals surface area contributed by atoms with E-state index in [1.165, 1.54) is 0 Å². The minimum atomic E-state index is 0.442. The van der Waals surface area contributed by atoms with Crippen LogP contribution in [0.15, 0.2) is 34.8 Å². The van der Waals surface area contributed by atoms with Crippen molar-refractivity contribution in [3.05, 3.63) is 40.5 Å². The van der Waals surface area contributed by atoms with E-state index in [-0.39, 0.29) is 0 Å². The van der Waals surface area contributed by atoms with Crippen molar-refractivity contribution in [3.63, 3.8) is 0 Å². The highest BCUT2D eigenvalue weighted by molar-refractivity contribution is 9.10. The van der Waals surface area contributed by atoms with E-state index in [9.17, 15) is 0 Å². The number of aromatic nitrogens is 2. The number of ether oxygens (including phenoxy) is 1. The van der Waals surface area contributed by atoms with Gasteiger partial charge in [0.2, 0.25) is 5.88 Å². The molecule has 4 nitrogen and oxygen atoms in total. The number of rotatable bonds is 2. The molecule has 0 saturated heterocycles. The molecule has 0 radical (unpaired) electrons. The van der Waals surface area contributed by atoms with Crippen molar-refractivity contribution >= 4 is 21.6 Å². The van der Waals surface area contributed by atoms with Gasteiger partial charge < -0.3 is 10.5 Å². The van der Waals surface area contributed by atoms with E-state index < -0.39 is 0 Å². The molecule has 0 spiro atoms. The van der Waals surface area contributed by atoms with Crippen molar-refractivity contribution in [2.75, 3.05) is 5.73 Å². The molecule has 16 heavy (non-hydrogen) atoms. The molecule has 1 aromatic carbocycles. The molecular weight excluding hydrogens is 270 g/mol. The van der Waals surface area contributed by atoms with E-state index >= 15 is 0 Å². The Morgan fingerprint density at radius 2 is 2.00 bits per heavy atom. The molecule has 0 atom stereocenters. The van der Waals surface area contributed by atoms with Crippen molar-refractivity contribution in [2.24, 2.45) is 0 Å². The molecule has 5 heteroatoms. The second-order valence-corrected chi connectivity index (χ2v) is 4.07. The number of anilines is 1. The number of nitrogens with zero attached hydrogens (tertiary/aromatic N) is 2. The molecule has 0 saturated carbocycles. The number of benzene rings is 1. The minimum Gasteiger partial charge on any atom is -0.436 e. The second kappa shape index (κ2) is 4.49. The smallest absolute Gasteiger partial charge is 0.238 e. The number of halogens is 1. The molecule has 0 aliphatic rings. The Balaban J connectivity index is 2.27. The van der Waals surface area contributed by atoms with E-state index in [2.05, 4.69) is 26.1 Å². The Morgan fingerprint density at radius 3 is 2.69 bits per heavy atom. The fourth-order valence-corrected chi connectivity index (χ4v) is 1.51. The van der Waals surface area contributed by atoms with Crippen LogP contribution in [0, 0.1) is 6.92 Å². The summed E-state index contributed by atoms with van der Waals surface area (Å²) in [4.78, 5) is 0. The van der Waals surface area contributed by atoms with Crippen LogP contribution in [-0.2, 0) is 0 Å². The van der Waals surface area contributed by atoms with Gasteiger partial charge in [-0.2, -0.15) is 5.10 Å². The normalized spacial score (nSPS) is 10.1. The lowest BCUT2D eigenvalue weighted by atomic mass is 10.3. The lowest BCUT2D eigenvalue weighted by Gasteiger charge is -2.07. The molecule has 0 bridgehead atoms. The first-order valence-corrected chi connectivity index (χ1v) is 5.48. The third kappa shape index (κ3) is 2.30. The van der Waals surface area contributed by atoms with Crippen LogP contribution in [0.5, 0.6) is 11.6 Å². The van der Waals surface area contributed by atoms with Crippen molar-refractivity contribution in [1.29, 1.82) is 0 Å². The molecule has 0 aliphatic carbocycles. The van der Waals surface area contributed by atoms with Crippen molar-refractivity contribution in [1.82, 2.24) is 10.2 Å². The van der Waals surface area contributed by atoms with Gasteiger partial charge in [0.15, 0.2) is 0 Å². The molecule has 82 valence electrons. The van der Waals surface area contributed by atoms with Crippen LogP contribution in [0.2, 0.25) is 0 Å². The van der Waals surface area contributed by atoms with Crippen LogP contribution in [0.25, 0.3) is 0 Å². The molecule has 2 rings (SSSR count). The van der Waals surface area contributed by atoms with Gasteiger partial charge in [-0.3, -0.25) is 0 Å². The molecule has 0 fully saturated rings. The van der Waals surface area contributed by atoms with Gasteiger partial charge in [0.05, 0.1) is 10.2 Å². The summed E-state index contributed by atoms with van der Waals surface area (Å²) in [6, 6.07) is 9.01. The predicted octanol–water partition coefficient (Wildman–Crippen LogP) is 2.92. The van der Waals surface area contributed by atoms with Crippen molar-refractivity contribution < 1.29 is 4.74 Å². The number of hydrogen-bond donors (Lipinski definition) is 1. The van der Waals surface area contributed by atoms with E-state index in [0.29, 0.717) is 17.3 Å². The number of aryl methyl sites for hydroxylation is 1. The molecule has 0 amide bonds. The summed E-state index contributed by atoms with van der Waals surface area (Å²) in [6.45, 7) is 1.87. The third-order valence-electron chi connectivity index (χ3n) is 1.98. The van der Waals surface area contributed by atoms with Crippen LogP contribution in [0.3, 0.4) is 0 Å². The fourth-order valence-electron chi connectivity index (χ4n) is 1.16. The first-order valence-electron chi connectivity index (χ1n) is 4.69. The lowest BCUT2D eigenvalue weighted by Crippen LogP contribution is -1.94. The van der Waals surface area contributed by atoms with E-state index in [1.807, 2.05) is 25.1 Å². The topological polar surface area (TPSA) is 61.0 Å². The molecular formula is C11H10BrN3O. The highest BCUT2D eigenvalue weighted by Gasteiger charge is 2.06. The first kappa shape index (κ1) is 10.9. The van der Waals surface area contributed by atoms with Gasteiger partial charge in [-0.15, -0.1) is 5.10 Å². The average Bonchev–Trinajstić information content (AvgIpc) is 2.28. The largest absolute Gasteiger partial charge is 0.436 e. The first-order chi connectivity index (χ1) is 7.66. The van der Waals surface area contributed by atoms with Gasteiger partial charge in [0.25, 0.3) is 0 Å². The van der Waals surface area contributed by atoms with Gasteiger partial charge >= 0.3 is 0 Å². The van der Waals surface area contributed by atoms with Crippen molar-refractivity contribution in [3.8, 4) is 11.6 Å². The maximum absolute atomic E-state index is 5.74. The number of nitrogens with two attached hydrogens (primary N) is 1. The Kier molecular flexibility index (Phi) is 3.05. The van der Waals surface area contributed by atoms with Gasteiger partial charge in [-0.05, 0) is 41.1 Å². The Morgan fingerprint density at radius 1 is 1.19 bits per heavy atom. The summed E-state index contributed by atoms with van der Waals surface area (Å²) in [5.74, 6) is 1.06. The van der Waals surface area contributed by atoms with Crippen LogP contribution in [0.4, 0.5) is 5.69 Å². The summed E-state index contributed by atoms with van der Waals surface area (Å²) in [7, 11) is 0. The minimum absolute atomic E-state index is 0.442. The molecule has 0 unspecified atom stereocenters. The second-order valence-electron chi connectivity index (χ2n) is 3.27. The van der Waals surface area contributed by atoms with E-state index in [1.54, 1.807) is 12.1 Å². The average molecular weight is 280 g/mol. The summed E-state index contributed by atoms with van der Waals surface area (Å²) in [6.07, 6.45) is 0. The highest BCUT2D eigenvalue weighted by atomic mass is 79.9. The fraction of sp³-hybridized carbons (Fsp3) is 0.0909. The number of hydrogen-bond acceptors (Lipinski definition) is 4. The van der Waals surface area contributed by atoms with Gasteiger partial charge in [-0.25, -0.2) is 0 Å². The van der Waals surface area contributed by atoms with Crippen LogP contribution < -0.4 is 10.5 Å². The monoisotopic (exact) mass is 279 g/mol. The molecule has 1 heterocycles. The van der Waals surface area contributed by atoms with Gasteiger partial charge in [0, 0.05) is 11.8 Å². The Labute approximate surface area is 102 Å². The predicted molar refractivity (Wildman–Crippen MR) is 65.4 cm³/mol. The standard InChI is InChI=1S/C11H10BrN3O/c1-7-5-6-10(15-14-7)16-9-4-2-3-8(13)11(9)12/h2-6H,13H2,1H3. The van der Waals surface area contributed by atoms with Crippen molar-refractivity contribution in [2.45, 2.75) is 6.92 Å². The summed E-state index contributed by atoms with van der Waals surface area (Å²) < 4.78 is 6.26. The summed E-state index contributed by atoms with van der Waals surface area (Å²) >= 11 is 3.35. The SMILES string of the molecule is Cc1ccc(Oc2cccc(N)c2Br)nn1. The van der Waals surface area contributed by atoms with Gasteiger partial charge in [-0.1, -0.05) is 6.07 Å². The zero-order valence-electron chi connectivity index (χ0n) is 8.64. The lowest BCUT2D eigenvalue weighted by molar-refractivity contribution is 0.452. The zero-order chi connectivity index (χ0) is 11.5. The van der Waals surface area contributed by atoms with E-state index in [4.69, 9.17) is 10.5 Å². The Bertz CT molecular complexity index is 499.